The van der Waals surface area contributed by atoms with Gasteiger partial charge in [0.15, 0.2) is 0 Å². The lowest BCUT2D eigenvalue weighted by Gasteiger charge is -2.13. The van der Waals surface area contributed by atoms with E-state index in [4.69, 9.17) is 5.73 Å². The van der Waals surface area contributed by atoms with E-state index >= 15 is 0 Å². The molecular weight excluding hydrogens is 256 g/mol. The molecule has 2 aromatic carbocycles. The lowest BCUT2D eigenvalue weighted by Crippen LogP contribution is -2.36. The Hall–Kier alpha value is -2.95. The highest BCUT2D eigenvalue weighted by molar-refractivity contribution is 6.31. The fourth-order valence-electron chi connectivity index (χ4n) is 2.19. The molecule has 0 fully saturated rings. The normalized spacial score (nSPS) is 13.5. The van der Waals surface area contributed by atoms with Crippen molar-refractivity contribution < 1.29 is 14.4 Å². The van der Waals surface area contributed by atoms with E-state index in [1.807, 2.05) is 0 Å². The third-order valence-corrected chi connectivity index (χ3v) is 3.19. The number of nitrogens with two attached hydrogens (primary N) is 1. The summed E-state index contributed by atoms with van der Waals surface area (Å²) in [5.74, 6) is -1.92. The predicted molar refractivity (Wildman–Crippen MR) is 72.1 cm³/mol. The van der Waals surface area contributed by atoms with Crippen molar-refractivity contribution in [2.75, 3.05) is 5.73 Å². The fraction of sp³-hybridized carbons (Fsp3) is 0. The minimum Gasteiger partial charge on any atom is -0.398 e. The molecule has 3 amide bonds. The van der Waals surface area contributed by atoms with Gasteiger partial charge in [0.05, 0.1) is 16.7 Å². The van der Waals surface area contributed by atoms with Crippen molar-refractivity contribution in [3.63, 3.8) is 0 Å². The molecule has 0 saturated heterocycles. The first kappa shape index (κ1) is 12.1. The van der Waals surface area contributed by atoms with E-state index in [9.17, 15) is 14.4 Å². The number of rotatable bonds is 1. The maximum atomic E-state index is 12.4. The second-order valence-corrected chi connectivity index (χ2v) is 4.38. The second kappa shape index (κ2) is 4.31. The fourth-order valence-corrected chi connectivity index (χ4v) is 2.19. The number of para-hydroxylation sites is 1. The van der Waals surface area contributed by atoms with E-state index in [2.05, 4.69) is 0 Å². The molecule has 3 rings (SSSR count). The minimum absolute atomic E-state index is 0.141. The number of imide groups is 3. The van der Waals surface area contributed by atoms with Crippen LogP contribution in [0.3, 0.4) is 0 Å². The Balaban J connectivity index is 2.06. The summed E-state index contributed by atoms with van der Waals surface area (Å²) in [4.78, 5) is 37.4. The molecule has 0 aliphatic carbocycles. The molecular formula is C15H10N2O3. The van der Waals surface area contributed by atoms with Crippen LogP contribution < -0.4 is 5.73 Å². The van der Waals surface area contributed by atoms with Gasteiger partial charge in [0.25, 0.3) is 17.7 Å². The summed E-state index contributed by atoms with van der Waals surface area (Å²) in [5, 5.41) is 0. The molecule has 5 heteroatoms. The van der Waals surface area contributed by atoms with Crippen LogP contribution >= 0.6 is 0 Å². The molecule has 20 heavy (non-hydrogen) atoms. The molecule has 0 unspecified atom stereocenters. The number of amides is 3. The second-order valence-electron chi connectivity index (χ2n) is 4.38. The van der Waals surface area contributed by atoms with Crippen molar-refractivity contribution in [1.82, 2.24) is 4.90 Å². The summed E-state index contributed by atoms with van der Waals surface area (Å²) in [6.07, 6.45) is 0. The number of benzene rings is 2. The molecule has 0 spiro atoms. The Kier molecular flexibility index (Phi) is 2.61. The number of hydrogen-bond donors (Lipinski definition) is 1. The van der Waals surface area contributed by atoms with E-state index in [0.717, 1.165) is 0 Å². The van der Waals surface area contributed by atoms with Gasteiger partial charge in [0.1, 0.15) is 0 Å². The van der Waals surface area contributed by atoms with E-state index in [1.165, 1.54) is 18.2 Å². The Morgan fingerprint density at radius 1 is 0.850 bits per heavy atom. The van der Waals surface area contributed by atoms with Gasteiger partial charge in [-0.1, -0.05) is 24.3 Å². The van der Waals surface area contributed by atoms with Crippen molar-refractivity contribution in [3.05, 3.63) is 65.2 Å². The van der Waals surface area contributed by atoms with Crippen LogP contribution in [-0.2, 0) is 0 Å². The summed E-state index contributed by atoms with van der Waals surface area (Å²) >= 11 is 0. The number of nitrogen functional groups attached to an aromatic ring is 1. The van der Waals surface area contributed by atoms with Gasteiger partial charge in [-0.3, -0.25) is 14.4 Å². The van der Waals surface area contributed by atoms with Crippen molar-refractivity contribution in [3.8, 4) is 0 Å². The number of carbonyl (C=O) groups is 3. The van der Waals surface area contributed by atoms with Crippen LogP contribution in [0.4, 0.5) is 5.69 Å². The molecule has 5 nitrogen and oxygen atoms in total. The van der Waals surface area contributed by atoms with E-state index in [-0.39, 0.29) is 22.4 Å². The van der Waals surface area contributed by atoms with Crippen LogP contribution in [-0.4, -0.2) is 22.6 Å². The maximum absolute atomic E-state index is 12.4. The average molecular weight is 266 g/mol. The lowest BCUT2D eigenvalue weighted by molar-refractivity contribution is 0.0566. The molecule has 2 N–H and O–H groups in total. The van der Waals surface area contributed by atoms with Crippen LogP contribution in [0.5, 0.6) is 0 Å². The molecule has 0 radical (unpaired) electrons. The summed E-state index contributed by atoms with van der Waals surface area (Å²) in [5.41, 5.74) is 6.56. The third-order valence-electron chi connectivity index (χ3n) is 3.19. The predicted octanol–water partition coefficient (Wildman–Crippen LogP) is 1.71. The Morgan fingerprint density at radius 2 is 1.35 bits per heavy atom. The zero-order valence-electron chi connectivity index (χ0n) is 10.4. The van der Waals surface area contributed by atoms with Crippen LogP contribution in [0.1, 0.15) is 31.1 Å². The smallest absolute Gasteiger partial charge is 0.269 e. The van der Waals surface area contributed by atoms with E-state index in [1.54, 1.807) is 30.3 Å². The molecule has 1 aliphatic rings. The lowest BCUT2D eigenvalue weighted by atomic mass is 10.1. The maximum Gasteiger partial charge on any atom is 0.269 e. The van der Waals surface area contributed by atoms with Gasteiger partial charge in [-0.05, 0) is 24.3 Å². The van der Waals surface area contributed by atoms with Gasteiger partial charge in [-0.25, -0.2) is 4.90 Å². The highest BCUT2D eigenvalue weighted by Gasteiger charge is 2.40. The van der Waals surface area contributed by atoms with Crippen molar-refractivity contribution in [1.29, 1.82) is 0 Å². The number of nitrogens with zero attached hydrogens (tertiary/aromatic N) is 1. The number of anilines is 1. The quantitative estimate of drug-likeness (QED) is 0.629. The molecule has 0 aromatic heterocycles. The molecule has 2 aromatic rings. The monoisotopic (exact) mass is 266 g/mol. The van der Waals surface area contributed by atoms with Gasteiger partial charge in [0, 0.05) is 5.69 Å². The van der Waals surface area contributed by atoms with Gasteiger partial charge >= 0.3 is 0 Å². The number of hydrogen-bond acceptors (Lipinski definition) is 4. The van der Waals surface area contributed by atoms with Crippen LogP contribution in [0, 0.1) is 0 Å². The Labute approximate surface area is 114 Å². The van der Waals surface area contributed by atoms with Gasteiger partial charge in [0.2, 0.25) is 0 Å². The Bertz CT molecular complexity index is 717. The van der Waals surface area contributed by atoms with Gasteiger partial charge < -0.3 is 5.73 Å². The number of carbonyl (C=O) groups excluding carboxylic acids is 3. The molecule has 0 atom stereocenters. The molecule has 0 saturated carbocycles. The van der Waals surface area contributed by atoms with E-state index in [0.29, 0.717) is 4.90 Å². The van der Waals surface area contributed by atoms with Gasteiger partial charge in [-0.15, -0.1) is 0 Å². The van der Waals surface area contributed by atoms with Gasteiger partial charge in [-0.2, -0.15) is 0 Å². The minimum atomic E-state index is -0.700. The van der Waals surface area contributed by atoms with Crippen LogP contribution in [0.15, 0.2) is 48.5 Å². The zero-order valence-corrected chi connectivity index (χ0v) is 10.4. The highest BCUT2D eigenvalue weighted by atomic mass is 16.2. The SMILES string of the molecule is Nc1ccccc1C(=O)N1C(=O)c2ccccc2C1=O. The largest absolute Gasteiger partial charge is 0.398 e. The topological polar surface area (TPSA) is 80.5 Å². The standard InChI is InChI=1S/C15H10N2O3/c16-12-8-4-3-7-11(12)15(20)17-13(18)9-5-1-2-6-10(9)14(17)19/h1-8H,16H2. The van der Waals surface area contributed by atoms with Crippen molar-refractivity contribution >= 4 is 23.4 Å². The van der Waals surface area contributed by atoms with Crippen molar-refractivity contribution in [2.24, 2.45) is 0 Å². The first-order valence-corrected chi connectivity index (χ1v) is 5.98. The summed E-state index contributed by atoms with van der Waals surface area (Å²) < 4.78 is 0. The Morgan fingerprint density at radius 3 is 1.90 bits per heavy atom. The molecule has 1 heterocycles. The zero-order chi connectivity index (χ0) is 14.3. The van der Waals surface area contributed by atoms with Crippen LogP contribution in [0.2, 0.25) is 0 Å². The first-order valence-electron chi connectivity index (χ1n) is 5.98. The summed E-state index contributed by atoms with van der Waals surface area (Å²) in [6.45, 7) is 0. The molecule has 98 valence electrons. The molecule has 0 bridgehead atoms. The highest BCUT2D eigenvalue weighted by Crippen LogP contribution is 2.25. The molecule has 1 aliphatic heterocycles. The number of fused-ring (bicyclic) bond motifs is 1. The average Bonchev–Trinajstić information content (AvgIpc) is 2.71. The first-order chi connectivity index (χ1) is 9.61. The summed E-state index contributed by atoms with van der Waals surface area (Å²) in [7, 11) is 0. The van der Waals surface area contributed by atoms with Crippen LogP contribution in [0.25, 0.3) is 0 Å². The summed E-state index contributed by atoms with van der Waals surface area (Å²) in [6, 6.07) is 12.7. The third kappa shape index (κ3) is 1.60. The van der Waals surface area contributed by atoms with E-state index < -0.39 is 17.7 Å². The van der Waals surface area contributed by atoms with Crippen molar-refractivity contribution in [2.45, 2.75) is 0 Å².